The van der Waals surface area contributed by atoms with Gasteiger partial charge in [-0.1, -0.05) is 115 Å². The number of fused-ring (bicyclic) bond motifs is 8. The Bertz CT molecular complexity index is 2510. The maximum absolute atomic E-state index is 2.46. The van der Waals surface area contributed by atoms with Gasteiger partial charge in [0, 0.05) is 27.2 Å². The Morgan fingerprint density at radius 2 is 0.881 bits per heavy atom. The first-order valence-electron chi connectivity index (χ1n) is 14.5. The van der Waals surface area contributed by atoms with E-state index in [1.54, 1.807) is 0 Å². The fourth-order valence-electron chi connectivity index (χ4n) is 6.80. The average Bonchev–Trinajstić information content (AvgIpc) is 3.39. The molecule has 0 saturated carbocycles. The summed E-state index contributed by atoms with van der Waals surface area (Å²) in [5.41, 5.74) is 9.54. The van der Waals surface area contributed by atoms with Crippen LogP contribution in [-0.2, 0) is 0 Å². The van der Waals surface area contributed by atoms with Crippen molar-refractivity contribution >= 4 is 59.9 Å². The topological polar surface area (TPSA) is 9.34 Å². The molecule has 9 aromatic rings. The first-order valence-corrected chi connectivity index (χ1v) is 14.5. The summed E-state index contributed by atoms with van der Waals surface area (Å²) < 4.78 is 4.88. The maximum Gasteiger partial charge on any atom is 0.0703 e. The molecule has 0 bridgehead atoms. The number of benzene rings is 7. The summed E-state index contributed by atoms with van der Waals surface area (Å²) in [6.45, 7) is 0. The van der Waals surface area contributed by atoms with Gasteiger partial charge in [0.1, 0.15) is 0 Å². The van der Waals surface area contributed by atoms with Gasteiger partial charge in [0.15, 0.2) is 0 Å². The lowest BCUT2D eigenvalue weighted by Crippen LogP contribution is -2.01. The molecule has 42 heavy (non-hydrogen) atoms. The van der Waals surface area contributed by atoms with Gasteiger partial charge >= 0.3 is 0 Å². The second-order valence-electron chi connectivity index (χ2n) is 11.0. The van der Waals surface area contributed by atoms with Crippen LogP contribution in [0.15, 0.2) is 158 Å². The van der Waals surface area contributed by atoms with Crippen molar-refractivity contribution < 1.29 is 0 Å². The molecule has 0 saturated heterocycles. The molecule has 0 unspecified atom stereocenters. The van der Waals surface area contributed by atoms with E-state index in [1.165, 1.54) is 65.5 Å². The van der Waals surface area contributed by atoms with Gasteiger partial charge in [-0.25, -0.2) is 0 Å². The number of hydrogen-bond donors (Lipinski definition) is 0. The summed E-state index contributed by atoms with van der Waals surface area (Å²) in [4.78, 5) is 0. The second kappa shape index (κ2) is 8.95. The Morgan fingerprint density at radius 3 is 1.64 bits per heavy atom. The molecule has 0 amide bonds. The van der Waals surface area contributed by atoms with Gasteiger partial charge in [-0.05, 0) is 64.4 Å². The lowest BCUT2D eigenvalue weighted by Gasteiger charge is -2.17. The van der Waals surface area contributed by atoms with Crippen LogP contribution in [0.2, 0.25) is 0 Å². The Kier molecular flexibility index (Phi) is 4.93. The minimum Gasteiger partial charge on any atom is -0.308 e. The number of hydrogen-bond acceptors (Lipinski definition) is 0. The Morgan fingerprint density at radius 1 is 0.333 bits per heavy atom. The van der Waals surface area contributed by atoms with E-state index in [1.807, 2.05) is 0 Å². The van der Waals surface area contributed by atoms with Crippen molar-refractivity contribution in [3.8, 4) is 16.8 Å². The van der Waals surface area contributed by atoms with Gasteiger partial charge in [0.25, 0.3) is 0 Å². The maximum atomic E-state index is 2.46. The van der Waals surface area contributed by atoms with E-state index in [2.05, 4.69) is 167 Å². The van der Waals surface area contributed by atoms with Crippen LogP contribution in [0.25, 0.3) is 76.7 Å². The van der Waals surface area contributed by atoms with Crippen molar-refractivity contribution in [1.29, 1.82) is 0 Å². The Hall–Kier alpha value is -5.60. The normalized spacial score (nSPS) is 11.8. The summed E-state index contributed by atoms with van der Waals surface area (Å²) >= 11 is 0. The molecule has 0 aliphatic rings. The molecule has 0 aliphatic heterocycles. The largest absolute Gasteiger partial charge is 0.308 e. The van der Waals surface area contributed by atoms with Gasteiger partial charge < -0.3 is 8.97 Å². The Balaban J connectivity index is 1.40. The van der Waals surface area contributed by atoms with Gasteiger partial charge in [-0.15, -0.1) is 0 Å². The van der Waals surface area contributed by atoms with Crippen molar-refractivity contribution in [2.24, 2.45) is 0 Å². The molecule has 0 N–H and O–H groups in total. The van der Waals surface area contributed by atoms with E-state index in [-0.39, 0.29) is 0 Å². The van der Waals surface area contributed by atoms with E-state index >= 15 is 0 Å². The van der Waals surface area contributed by atoms with Crippen molar-refractivity contribution in [3.05, 3.63) is 158 Å². The van der Waals surface area contributed by atoms with Crippen LogP contribution in [0.3, 0.4) is 0 Å². The van der Waals surface area contributed by atoms with Crippen LogP contribution < -0.4 is 0 Å². The zero-order chi connectivity index (χ0) is 27.6. The van der Waals surface area contributed by atoms with Crippen LogP contribution in [-0.4, -0.2) is 8.97 Å². The van der Waals surface area contributed by atoms with E-state index in [4.69, 9.17) is 0 Å². The Labute approximate surface area is 243 Å². The molecule has 0 radical (unpaired) electrons. The quantitative estimate of drug-likeness (QED) is 0.209. The minimum absolute atomic E-state index is 1.13. The van der Waals surface area contributed by atoms with Crippen molar-refractivity contribution in [2.75, 3.05) is 0 Å². The van der Waals surface area contributed by atoms with Crippen molar-refractivity contribution in [1.82, 2.24) is 8.97 Å². The monoisotopic (exact) mass is 534 g/mol. The first-order chi connectivity index (χ1) is 20.8. The molecule has 0 atom stereocenters. The van der Waals surface area contributed by atoms with Crippen LogP contribution in [0.5, 0.6) is 0 Å². The predicted octanol–water partition coefficient (Wildman–Crippen LogP) is 10.7. The van der Waals surface area contributed by atoms with Gasteiger partial charge in [-0.3, -0.25) is 0 Å². The molecule has 2 nitrogen and oxygen atoms in total. The lowest BCUT2D eigenvalue weighted by molar-refractivity contribution is 1.16. The third-order valence-electron chi connectivity index (χ3n) is 8.70. The highest BCUT2D eigenvalue weighted by molar-refractivity contribution is 6.20. The van der Waals surface area contributed by atoms with Crippen molar-refractivity contribution in [3.63, 3.8) is 0 Å². The van der Waals surface area contributed by atoms with E-state index < -0.39 is 0 Å². The van der Waals surface area contributed by atoms with E-state index in [0.717, 1.165) is 11.2 Å². The molecule has 0 spiro atoms. The average molecular weight is 535 g/mol. The number of aromatic nitrogens is 2. The third kappa shape index (κ3) is 3.33. The van der Waals surface area contributed by atoms with Crippen LogP contribution in [0.1, 0.15) is 0 Å². The van der Waals surface area contributed by atoms with E-state index in [9.17, 15) is 0 Å². The zero-order valence-electron chi connectivity index (χ0n) is 22.9. The minimum atomic E-state index is 1.13. The van der Waals surface area contributed by atoms with Crippen LogP contribution in [0.4, 0.5) is 0 Å². The molecule has 0 fully saturated rings. The van der Waals surface area contributed by atoms with Gasteiger partial charge in [-0.2, -0.15) is 0 Å². The molecule has 196 valence electrons. The second-order valence-corrected chi connectivity index (χ2v) is 11.0. The van der Waals surface area contributed by atoms with E-state index in [0.29, 0.717) is 0 Å². The summed E-state index contributed by atoms with van der Waals surface area (Å²) in [5.74, 6) is 0. The fraction of sp³-hybridized carbons (Fsp3) is 0. The molecule has 0 aliphatic carbocycles. The molecular formula is C40H26N2. The molecule has 7 aromatic carbocycles. The highest BCUT2D eigenvalue weighted by atomic mass is 15.0. The summed E-state index contributed by atoms with van der Waals surface area (Å²) in [7, 11) is 0. The first kappa shape index (κ1) is 23.1. The van der Waals surface area contributed by atoms with Crippen LogP contribution in [0, 0.1) is 0 Å². The van der Waals surface area contributed by atoms with Crippen LogP contribution >= 0.6 is 0 Å². The highest BCUT2D eigenvalue weighted by Gasteiger charge is 2.16. The molecular weight excluding hydrogens is 508 g/mol. The van der Waals surface area contributed by atoms with Crippen molar-refractivity contribution in [2.45, 2.75) is 0 Å². The molecule has 9 rings (SSSR count). The number of nitrogens with zero attached hydrogens (tertiary/aromatic N) is 2. The SMILES string of the molecule is c1ccc2cc(-c3ccc(-n4c5ccccc5c5cccc6c7ccccc7n(c7ccccc74)c56)cc3)ccc2c1. The van der Waals surface area contributed by atoms with Gasteiger partial charge in [0.05, 0.1) is 27.6 Å². The molecule has 2 heteroatoms. The third-order valence-corrected chi connectivity index (χ3v) is 8.70. The summed E-state index contributed by atoms with van der Waals surface area (Å²) in [5, 5.41) is 7.54. The lowest BCUT2D eigenvalue weighted by atomic mass is 10.0. The standard InChI is InChI=1S/C40H26N2/c1-2-11-29-26-30(21-20-27(29)10-1)28-22-24-31(25-23-28)41-36-16-5-3-12-32(36)34-14-9-15-35-33-13-4-6-17-37(33)42(40(34)35)39-19-8-7-18-38(39)41/h1-26H. The number of rotatable bonds is 2. The summed E-state index contributed by atoms with van der Waals surface area (Å²) in [6.07, 6.45) is 0. The predicted molar refractivity (Wildman–Crippen MR) is 179 cm³/mol. The highest BCUT2D eigenvalue weighted by Crippen LogP contribution is 2.37. The zero-order valence-corrected chi connectivity index (χ0v) is 22.9. The molecule has 2 aromatic heterocycles. The fourth-order valence-corrected chi connectivity index (χ4v) is 6.80. The van der Waals surface area contributed by atoms with Gasteiger partial charge in [0.2, 0.25) is 0 Å². The smallest absolute Gasteiger partial charge is 0.0703 e. The molecule has 2 heterocycles. The number of para-hydroxylation sites is 5. The summed E-state index contributed by atoms with van der Waals surface area (Å²) in [6, 6.07) is 57.4.